The van der Waals surface area contributed by atoms with Gasteiger partial charge in [0.1, 0.15) is 0 Å². The van der Waals surface area contributed by atoms with Crippen molar-refractivity contribution in [3.8, 4) is 0 Å². The van der Waals surface area contributed by atoms with E-state index in [0.717, 1.165) is 38.7 Å². The largest absolute Gasteiger partial charge is 0.394 e. The van der Waals surface area contributed by atoms with E-state index in [-0.39, 0.29) is 12.1 Å². The molecule has 1 fully saturated rings. The van der Waals surface area contributed by atoms with Crippen molar-refractivity contribution in [3.05, 3.63) is 18.5 Å². The highest BCUT2D eigenvalue weighted by Gasteiger charge is 2.29. The molecule has 0 saturated carbocycles. The molecule has 0 bridgehead atoms. The number of hydrogen-bond acceptors (Lipinski definition) is 6. The number of piperazine rings is 1. The number of anilines is 1. The van der Waals surface area contributed by atoms with Gasteiger partial charge in [0, 0.05) is 51.2 Å². The summed E-state index contributed by atoms with van der Waals surface area (Å²) in [5, 5.41) is 13.1. The fourth-order valence-corrected chi connectivity index (χ4v) is 2.89. The summed E-state index contributed by atoms with van der Waals surface area (Å²) < 4.78 is 0. The van der Waals surface area contributed by atoms with Crippen molar-refractivity contribution in [1.29, 1.82) is 0 Å². The fourth-order valence-electron chi connectivity index (χ4n) is 2.89. The fraction of sp³-hybridized carbons (Fsp3) is 0.733. The van der Waals surface area contributed by atoms with E-state index in [0.29, 0.717) is 6.04 Å². The molecule has 21 heavy (non-hydrogen) atoms. The lowest BCUT2D eigenvalue weighted by atomic mass is 10.0. The zero-order chi connectivity index (χ0) is 15.3. The number of nitrogens with zero attached hydrogens (tertiary/aromatic N) is 4. The van der Waals surface area contributed by atoms with Gasteiger partial charge in [0.05, 0.1) is 12.1 Å². The number of aliphatic hydroxyl groups excluding tert-OH is 1. The van der Waals surface area contributed by atoms with Crippen LogP contribution < -0.4 is 10.2 Å². The lowest BCUT2D eigenvalue weighted by Crippen LogP contribution is -2.59. The molecule has 1 atom stereocenters. The van der Waals surface area contributed by atoms with Gasteiger partial charge in [0.15, 0.2) is 0 Å². The first-order valence-corrected chi connectivity index (χ1v) is 7.65. The molecule has 0 amide bonds. The molecule has 1 aliphatic heterocycles. The second-order valence-corrected chi connectivity index (χ2v) is 6.33. The van der Waals surface area contributed by atoms with Crippen LogP contribution in [0.4, 0.5) is 5.95 Å². The third kappa shape index (κ3) is 4.62. The zero-order valence-corrected chi connectivity index (χ0v) is 13.3. The van der Waals surface area contributed by atoms with Gasteiger partial charge in [-0.3, -0.25) is 4.90 Å². The Kier molecular flexibility index (Phi) is 5.50. The van der Waals surface area contributed by atoms with Gasteiger partial charge in [-0.1, -0.05) is 13.8 Å². The molecule has 2 heterocycles. The average molecular weight is 293 g/mol. The SMILES string of the molecule is CC(C)NC(C)(CO)CN1CCN(c2ncccn2)CC1. The Morgan fingerprint density at radius 2 is 1.86 bits per heavy atom. The number of nitrogens with one attached hydrogen (secondary N) is 1. The molecule has 1 aromatic rings. The van der Waals surface area contributed by atoms with Crippen LogP contribution in [0.25, 0.3) is 0 Å². The monoisotopic (exact) mass is 293 g/mol. The van der Waals surface area contributed by atoms with Gasteiger partial charge in [0.25, 0.3) is 0 Å². The second kappa shape index (κ2) is 7.15. The van der Waals surface area contributed by atoms with E-state index in [4.69, 9.17) is 0 Å². The van der Waals surface area contributed by atoms with Crippen LogP contribution in [0.5, 0.6) is 0 Å². The molecule has 6 nitrogen and oxygen atoms in total. The lowest BCUT2D eigenvalue weighted by Gasteiger charge is -2.40. The van der Waals surface area contributed by atoms with Crippen LogP contribution in [0, 0.1) is 0 Å². The van der Waals surface area contributed by atoms with Crippen LogP contribution in [0.1, 0.15) is 20.8 Å². The minimum atomic E-state index is -0.250. The summed E-state index contributed by atoms with van der Waals surface area (Å²) in [5.74, 6) is 0.808. The van der Waals surface area contributed by atoms with Crippen molar-refractivity contribution >= 4 is 5.95 Å². The normalized spacial score (nSPS) is 19.8. The zero-order valence-electron chi connectivity index (χ0n) is 13.3. The van der Waals surface area contributed by atoms with Crippen molar-refractivity contribution in [3.63, 3.8) is 0 Å². The van der Waals surface area contributed by atoms with Gasteiger partial charge < -0.3 is 15.3 Å². The summed E-state index contributed by atoms with van der Waals surface area (Å²) in [7, 11) is 0. The molecule has 0 spiro atoms. The number of rotatable bonds is 6. The predicted octanol–water partition coefficient (Wildman–Crippen LogP) is 0.348. The van der Waals surface area contributed by atoms with E-state index in [1.165, 1.54) is 0 Å². The van der Waals surface area contributed by atoms with E-state index >= 15 is 0 Å². The van der Waals surface area contributed by atoms with E-state index in [1.807, 2.05) is 6.07 Å². The van der Waals surface area contributed by atoms with Crippen LogP contribution in [0.2, 0.25) is 0 Å². The first-order valence-electron chi connectivity index (χ1n) is 7.65. The van der Waals surface area contributed by atoms with E-state index in [2.05, 4.69) is 45.9 Å². The Morgan fingerprint density at radius 1 is 1.24 bits per heavy atom. The molecular formula is C15H27N5O. The highest BCUT2D eigenvalue weighted by molar-refractivity contribution is 5.29. The Morgan fingerprint density at radius 3 is 2.38 bits per heavy atom. The molecule has 0 aromatic carbocycles. The van der Waals surface area contributed by atoms with Gasteiger partial charge >= 0.3 is 0 Å². The van der Waals surface area contributed by atoms with Crippen molar-refractivity contribution < 1.29 is 5.11 Å². The summed E-state index contributed by atoms with van der Waals surface area (Å²) in [6, 6.07) is 2.20. The van der Waals surface area contributed by atoms with Crippen LogP contribution in [-0.4, -0.2) is 70.9 Å². The van der Waals surface area contributed by atoms with Crippen molar-refractivity contribution in [2.45, 2.75) is 32.4 Å². The average Bonchev–Trinajstić information content (AvgIpc) is 2.48. The highest BCUT2D eigenvalue weighted by Crippen LogP contribution is 2.13. The third-order valence-electron chi connectivity index (χ3n) is 3.77. The third-order valence-corrected chi connectivity index (χ3v) is 3.77. The summed E-state index contributed by atoms with van der Waals surface area (Å²) in [6.07, 6.45) is 3.56. The van der Waals surface area contributed by atoms with E-state index in [1.54, 1.807) is 12.4 Å². The smallest absolute Gasteiger partial charge is 0.225 e. The molecule has 0 aliphatic carbocycles. The quantitative estimate of drug-likeness (QED) is 0.789. The molecule has 1 aliphatic rings. The Bertz CT molecular complexity index is 419. The van der Waals surface area contributed by atoms with Crippen molar-refractivity contribution in [2.24, 2.45) is 0 Å². The highest BCUT2D eigenvalue weighted by atomic mass is 16.3. The second-order valence-electron chi connectivity index (χ2n) is 6.33. The molecule has 118 valence electrons. The molecule has 6 heteroatoms. The molecular weight excluding hydrogens is 266 g/mol. The number of hydrogen-bond donors (Lipinski definition) is 2. The minimum Gasteiger partial charge on any atom is -0.394 e. The van der Waals surface area contributed by atoms with Gasteiger partial charge in [-0.05, 0) is 13.0 Å². The lowest BCUT2D eigenvalue weighted by molar-refractivity contribution is 0.109. The topological polar surface area (TPSA) is 64.5 Å². The molecule has 0 radical (unpaired) electrons. The van der Waals surface area contributed by atoms with Crippen LogP contribution >= 0.6 is 0 Å². The van der Waals surface area contributed by atoms with Crippen LogP contribution in [0.15, 0.2) is 18.5 Å². The molecule has 1 aromatic heterocycles. The maximum atomic E-state index is 9.68. The minimum absolute atomic E-state index is 0.146. The van der Waals surface area contributed by atoms with Gasteiger partial charge in [-0.25, -0.2) is 9.97 Å². The van der Waals surface area contributed by atoms with Gasteiger partial charge in [0.2, 0.25) is 5.95 Å². The van der Waals surface area contributed by atoms with Gasteiger partial charge in [-0.15, -0.1) is 0 Å². The first-order chi connectivity index (χ1) is 10.0. The summed E-state index contributed by atoms with van der Waals surface area (Å²) in [4.78, 5) is 13.2. The number of aliphatic hydroxyl groups is 1. The summed E-state index contributed by atoms with van der Waals surface area (Å²) >= 11 is 0. The summed E-state index contributed by atoms with van der Waals surface area (Å²) in [6.45, 7) is 11.1. The first kappa shape index (κ1) is 16.1. The Labute approximate surface area is 127 Å². The molecule has 2 rings (SSSR count). The van der Waals surface area contributed by atoms with Gasteiger partial charge in [-0.2, -0.15) is 0 Å². The van der Waals surface area contributed by atoms with Crippen LogP contribution in [-0.2, 0) is 0 Å². The van der Waals surface area contributed by atoms with E-state index < -0.39 is 0 Å². The Balaban J connectivity index is 1.86. The van der Waals surface area contributed by atoms with Crippen molar-refractivity contribution in [1.82, 2.24) is 20.2 Å². The number of aromatic nitrogens is 2. The van der Waals surface area contributed by atoms with Crippen LogP contribution in [0.3, 0.4) is 0 Å². The Hall–Kier alpha value is -1.24. The standard InChI is InChI=1S/C15H27N5O/c1-13(2)18-15(3,12-21)11-19-7-9-20(10-8-19)14-16-5-4-6-17-14/h4-6,13,18,21H,7-12H2,1-3H3. The van der Waals surface area contributed by atoms with E-state index in [9.17, 15) is 5.11 Å². The summed E-state index contributed by atoms with van der Waals surface area (Å²) in [5.41, 5.74) is -0.250. The van der Waals surface area contributed by atoms with Crippen molar-refractivity contribution in [2.75, 3.05) is 44.2 Å². The molecule has 1 unspecified atom stereocenters. The predicted molar refractivity (Wildman–Crippen MR) is 84.4 cm³/mol. The maximum absolute atomic E-state index is 9.68. The maximum Gasteiger partial charge on any atom is 0.225 e. The molecule has 1 saturated heterocycles. The molecule has 2 N–H and O–H groups in total.